The summed E-state index contributed by atoms with van der Waals surface area (Å²) >= 11 is 0. The number of carbonyl (C=O) groups is 1. The Morgan fingerprint density at radius 3 is 2.77 bits per heavy atom. The summed E-state index contributed by atoms with van der Waals surface area (Å²) in [5.41, 5.74) is -0.155. The number of aromatic nitrogens is 2. The second kappa shape index (κ2) is 6.40. The van der Waals surface area contributed by atoms with Crippen molar-refractivity contribution in [3.05, 3.63) is 47.0 Å². The Kier molecular flexibility index (Phi) is 4.06. The Morgan fingerprint density at radius 1 is 1.19 bits per heavy atom. The number of hydrogen-bond donors (Lipinski definition) is 2. The molecule has 3 unspecified atom stereocenters. The third-order valence-electron chi connectivity index (χ3n) is 4.96. The van der Waals surface area contributed by atoms with E-state index in [1.807, 2.05) is 19.1 Å². The second-order valence-electron chi connectivity index (χ2n) is 6.48. The molecule has 6 nitrogen and oxygen atoms in total. The summed E-state index contributed by atoms with van der Waals surface area (Å²) < 4.78 is 19.7. The molecule has 3 atom stereocenters. The number of rotatable bonds is 4. The van der Waals surface area contributed by atoms with Crippen molar-refractivity contribution in [2.75, 3.05) is 6.61 Å². The largest absolute Gasteiger partial charge is 0.475 e. The van der Waals surface area contributed by atoms with Crippen LogP contribution in [0.5, 0.6) is 5.88 Å². The first-order valence-electron chi connectivity index (χ1n) is 8.56. The number of nitrogens with one attached hydrogen (secondary N) is 2. The normalized spacial score (nSPS) is 22.7. The van der Waals surface area contributed by atoms with Gasteiger partial charge in [-0.3, -0.25) is 9.59 Å². The van der Waals surface area contributed by atoms with Crippen molar-refractivity contribution in [1.82, 2.24) is 15.3 Å². The zero-order chi connectivity index (χ0) is 18.3. The van der Waals surface area contributed by atoms with Gasteiger partial charge >= 0.3 is 0 Å². The molecule has 2 N–H and O–H groups in total. The van der Waals surface area contributed by atoms with Gasteiger partial charge in [-0.15, -0.1) is 0 Å². The third kappa shape index (κ3) is 2.69. The summed E-state index contributed by atoms with van der Waals surface area (Å²) in [7, 11) is 0. The van der Waals surface area contributed by atoms with Crippen LogP contribution in [0.4, 0.5) is 4.39 Å². The number of amides is 1. The van der Waals surface area contributed by atoms with E-state index >= 15 is 0 Å². The molecule has 0 radical (unpaired) electrons. The van der Waals surface area contributed by atoms with E-state index in [1.165, 1.54) is 0 Å². The predicted octanol–water partition coefficient (Wildman–Crippen LogP) is 2.32. The first-order chi connectivity index (χ1) is 12.6. The quantitative estimate of drug-likeness (QED) is 0.704. The number of ether oxygens (including phenoxy) is 1. The fourth-order valence-electron chi connectivity index (χ4n) is 3.54. The van der Waals surface area contributed by atoms with E-state index < -0.39 is 18.0 Å². The summed E-state index contributed by atoms with van der Waals surface area (Å²) in [6.07, 6.45) is 2.24. The van der Waals surface area contributed by atoms with E-state index in [4.69, 9.17) is 4.74 Å². The van der Waals surface area contributed by atoms with Crippen molar-refractivity contribution in [2.24, 2.45) is 5.92 Å². The van der Waals surface area contributed by atoms with Crippen LogP contribution < -0.4 is 15.6 Å². The lowest BCUT2D eigenvalue weighted by molar-refractivity contribution is -0.123. The van der Waals surface area contributed by atoms with Crippen molar-refractivity contribution in [3.8, 4) is 5.88 Å². The smallest absolute Gasteiger partial charge is 0.255 e. The summed E-state index contributed by atoms with van der Waals surface area (Å²) in [4.78, 5) is 30.5. The maximum absolute atomic E-state index is 13.9. The first kappa shape index (κ1) is 16.5. The second-order valence-corrected chi connectivity index (χ2v) is 6.48. The topological polar surface area (TPSA) is 84.1 Å². The van der Waals surface area contributed by atoms with E-state index in [0.717, 1.165) is 16.2 Å². The van der Waals surface area contributed by atoms with Crippen LogP contribution in [-0.2, 0) is 4.79 Å². The van der Waals surface area contributed by atoms with Gasteiger partial charge in [0.25, 0.3) is 11.5 Å². The highest BCUT2D eigenvalue weighted by atomic mass is 19.1. The maximum Gasteiger partial charge on any atom is 0.255 e. The minimum atomic E-state index is -1.50. The number of halogens is 1. The molecule has 134 valence electrons. The number of hydrogen-bond acceptors (Lipinski definition) is 4. The molecule has 0 saturated carbocycles. The van der Waals surface area contributed by atoms with E-state index in [-0.39, 0.29) is 18.2 Å². The van der Waals surface area contributed by atoms with Gasteiger partial charge in [-0.2, -0.15) is 0 Å². The van der Waals surface area contributed by atoms with E-state index in [1.54, 1.807) is 24.5 Å². The SMILES string of the molecule is CCC1C(COc2nccc3cc4c(=O)[nH]ccc4cc23)NC(=O)C1F. The van der Waals surface area contributed by atoms with Gasteiger partial charge in [0.2, 0.25) is 5.88 Å². The zero-order valence-corrected chi connectivity index (χ0v) is 14.2. The molecule has 1 saturated heterocycles. The molecule has 0 aliphatic carbocycles. The molecule has 3 aromatic rings. The van der Waals surface area contributed by atoms with Gasteiger partial charge in [0, 0.05) is 29.1 Å². The zero-order valence-electron chi connectivity index (χ0n) is 14.2. The first-order valence-corrected chi connectivity index (χ1v) is 8.56. The summed E-state index contributed by atoms with van der Waals surface area (Å²) in [5.74, 6) is -0.588. The van der Waals surface area contributed by atoms with Gasteiger partial charge in [0.1, 0.15) is 6.61 Å². The van der Waals surface area contributed by atoms with Crippen molar-refractivity contribution < 1.29 is 13.9 Å². The van der Waals surface area contributed by atoms with E-state index in [0.29, 0.717) is 17.7 Å². The number of pyridine rings is 2. The Bertz CT molecular complexity index is 1050. The van der Waals surface area contributed by atoms with Crippen LogP contribution in [0.3, 0.4) is 0 Å². The number of aromatic amines is 1. The van der Waals surface area contributed by atoms with Gasteiger partial charge in [-0.1, -0.05) is 6.92 Å². The monoisotopic (exact) mass is 355 g/mol. The number of alkyl halides is 1. The number of H-pyrrole nitrogens is 1. The average Bonchev–Trinajstić information content (AvgIpc) is 2.92. The molecule has 1 fully saturated rings. The van der Waals surface area contributed by atoms with Gasteiger partial charge in [-0.05, 0) is 41.5 Å². The van der Waals surface area contributed by atoms with Crippen LogP contribution in [0.15, 0.2) is 41.5 Å². The van der Waals surface area contributed by atoms with Crippen LogP contribution in [0.2, 0.25) is 0 Å². The highest BCUT2D eigenvalue weighted by Crippen LogP contribution is 2.28. The molecule has 2 aromatic heterocycles. The number of benzene rings is 1. The van der Waals surface area contributed by atoms with Crippen LogP contribution in [0.1, 0.15) is 13.3 Å². The standard InChI is InChI=1S/C19H18FN3O3/c1-2-12-15(23-18(25)16(12)20)9-26-19-14-8-10-3-5-21-17(24)13(10)7-11(14)4-6-22-19/h3-8,12,15-16H,2,9H2,1H3,(H,21,24)(H,23,25). The van der Waals surface area contributed by atoms with Crippen molar-refractivity contribution >= 4 is 27.5 Å². The van der Waals surface area contributed by atoms with Crippen LogP contribution >= 0.6 is 0 Å². The summed E-state index contributed by atoms with van der Waals surface area (Å²) in [6, 6.07) is 6.87. The average molecular weight is 355 g/mol. The molecule has 26 heavy (non-hydrogen) atoms. The molecular formula is C19H18FN3O3. The summed E-state index contributed by atoms with van der Waals surface area (Å²) in [5, 5.41) is 5.61. The molecule has 1 aliphatic heterocycles. The van der Waals surface area contributed by atoms with Crippen molar-refractivity contribution in [2.45, 2.75) is 25.6 Å². The lowest BCUT2D eigenvalue weighted by Gasteiger charge is -2.18. The van der Waals surface area contributed by atoms with Crippen LogP contribution in [0.25, 0.3) is 21.5 Å². The van der Waals surface area contributed by atoms with Crippen molar-refractivity contribution in [3.63, 3.8) is 0 Å². The molecule has 1 aliphatic rings. The highest BCUT2D eigenvalue weighted by Gasteiger charge is 2.41. The van der Waals surface area contributed by atoms with Gasteiger partial charge < -0.3 is 15.0 Å². The van der Waals surface area contributed by atoms with Gasteiger partial charge in [-0.25, -0.2) is 9.37 Å². The van der Waals surface area contributed by atoms with Gasteiger partial charge in [0.05, 0.1) is 6.04 Å². The number of carbonyl (C=O) groups excluding carboxylic acids is 1. The molecule has 1 amide bonds. The Morgan fingerprint density at radius 2 is 1.96 bits per heavy atom. The molecule has 7 heteroatoms. The molecule has 4 rings (SSSR count). The fourth-order valence-corrected chi connectivity index (χ4v) is 3.54. The fraction of sp³-hybridized carbons (Fsp3) is 0.316. The molecule has 0 bridgehead atoms. The van der Waals surface area contributed by atoms with E-state index in [9.17, 15) is 14.0 Å². The third-order valence-corrected chi connectivity index (χ3v) is 4.96. The molecule has 0 spiro atoms. The Balaban J connectivity index is 1.67. The van der Waals surface area contributed by atoms with Crippen molar-refractivity contribution in [1.29, 1.82) is 0 Å². The lowest BCUT2D eigenvalue weighted by atomic mass is 9.97. The minimum absolute atomic E-state index is 0.143. The molecule has 3 heterocycles. The molecular weight excluding hydrogens is 337 g/mol. The Hall–Kier alpha value is -2.96. The highest BCUT2D eigenvalue weighted by molar-refractivity contribution is 5.99. The summed E-state index contributed by atoms with van der Waals surface area (Å²) in [6.45, 7) is 1.99. The predicted molar refractivity (Wildman–Crippen MR) is 96.0 cm³/mol. The van der Waals surface area contributed by atoms with Gasteiger partial charge in [0.15, 0.2) is 6.17 Å². The van der Waals surface area contributed by atoms with Crippen LogP contribution in [-0.4, -0.2) is 34.7 Å². The maximum atomic E-state index is 13.9. The number of nitrogens with zero attached hydrogens (tertiary/aromatic N) is 1. The van der Waals surface area contributed by atoms with Crippen LogP contribution in [0, 0.1) is 5.92 Å². The van der Waals surface area contributed by atoms with E-state index in [2.05, 4.69) is 15.3 Å². The number of fused-ring (bicyclic) bond motifs is 2. The minimum Gasteiger partial charge on any atom is -0.475 e. The lowest BCUT2D eigenvalue weighted by Crippen LogP contribution is -2.34. The Labute approximate surface area is 148 Å². The molecule has 1 aromatic carbocycles.